The molecule has 1 aromatic rings. The van der Waals surface area contributed by atoms with Gasteiger partial charge in [0.15, 0.2) is 9.84 Å². The molecule has 1 N–H and O–H groups in total. The first-order valence-electron chi connectivity index (χ1n) is 5.17. The van der Waals surface area contributed by atoms with Crippen molar-refractivity contribution in [2.45, 2.75) is 11.3 Å². The van der Waals surface area contributed by atoms with Crippen molar-refractivity contribution in [2.24, 2.45) is 0 Å². The van der Waals surface area contributed by atoms with E-state index < -0.39 is 15.8 Å². The van der Waals surface area contributed by atoms with Crippen LogP contribution < -0.4 is 4.74 Å². The van der Waals surface area contributed by atoms with Crippen LogP contribution in [0, 0.1) is 0 Å². The van der Waals surface area contributed by atoms with Crippen LogP contribution in [-0.2, 0) is 9.84 Å². The molecule has 6 heteroatoms. The van der Waals surface area contributed by atoms with Crippen molar-refractivity contribution in [3.05, 3.63) is 36.4 Å². The molecule has 18 heavy (non-hydrogen) atoms. The lowest BCUT2D eigenvalue weighted by atomic mass is 10.2. The molecular weight excluding hydrogens is 256 g/mol. The Morgan fingerprint density at radius 1 is 1.50 bits per heavy atom. The Balaban J connectivity index is 3.23. The van der Waals surface area contributed by atoms with E-state index in [9.17, 15) is 13.2 Å². The maximum Gasteiger partial charge on any atom is 0.339 e. The quantitative estimate of drug-likeness (QED) is 0.796. The highest BCUT2D eigenvalue weighted by Gasteiger charge is 2.18. The number of hydrogen-bond donors (Lipinski definition) is 1. The van der Waals surface area contributed by atoms with Gasteiger partial charge < -0.3 is 9.84 Å². The van der Waals surface area contributed by atoms with Gasteiger partial charge in [0, 0.05) is 0 Å². The molecule has 0 aliphatic rings. The summed E-state index contributed by atoms with van der Waals surface area (Å²) in [5.74, 6) is -1.19. The van der Waals surface area contributed by atoms with Gasteiger partial charge >= 0.3 is 5.97 Å². The Morgan fingerprint density at radius 3 is 2.67 bits per heavy atom. The molecule has 0 aliphatic carbocycles. The first-order valence-corrected chi connectivity index (χ1v) is 6.82. The van der Waals surface area contributed by atoms with Crippen LogP contribution in [0.3, 0.4) is 0 Å². The average Bonchev–Trinajstić information content (AvgIpc) is 2.35. The molecule has 0 atom stereocenters. The second-order valence-corrected chi connectivity index (χ2v) is 5.67. The van der Waals surface area contributed by atoms with Crippen molar-refractivity contribution >= 4 is 15.8 Å². The summed E-state index contributed by atoms with van der Waals surface area (Å²) in [5, 5.41) is 8.97. The van der Waals surface area contributed by atoms with Crippen molar-refractivity contribution < 1.29 is 23.1 Å². The Bertz CT molecular complexity index is 560. The van der Waals surface area contributed by atoms with E-state index in [4.69, 9.17) is 9.84 Å². The van der Waals surface area contributed by atoms with Gasteiger partial charge in [0.2, 0.25) is 0 Å². The van der Waals surface area contributed by atoms with Crippen molar-refractivity contribution in [2.75, 3.05) is 12.9 Å². The molecule has 0 unspecified atom stereocenters. The summed E-state index contributed by atoms with van der Waals surface area (Å²) < 4.78 is 28.6. The van der Waals surface area contributed by atoms with Gasteiger partial charge in [-0.05, 0) is 24.6 Å². The second kappa shape index (κ2) is 5.68. The molecule has 1 rings (SSSR count). The smallest absolute Gasteiger partial charge is 0.339 e. The maximum absolute atomic E-state index is 11.9. The van der Waals surface area contributed by atoms with Crippen molar-refractivity contribution in [3.63, 3.8) is 0 Å². The molecule has 0 amide bonds. The Morgan fingerprint density at radius 2 is 2.17 bits per heavy atom. The number of hydrogen-bond acceptors (Lipinski definition) is 4. The maximum atomic E-state index is 11.9. The van der Waals surface area contributed by atoms with Gasteiger partial charge in [-0.15, -0.1) is 6.58 Å². The number of carboxylic acids is 1. The van der Waals surface area contributed by atoms with Crippen LogP contribution in [0.25, 0.3) is 0 Å². The fourth-order valence-electron chi connectivity index (χ4n) is 1.40. The molecule has 0 saturated heterocycles. The summed E-state index contributed by atoms with van der Waals surface area (Å²) in [6.45, 7) is 3.45. The highest BCUT2D eigenvalue weighted by atomic mass is 32.2. The number of methoxy groups -OCH3 is 1. The van der Waals surface area contributed by atoms with Crippen LogP contribution in [0.5, 0.6) is 5.75 Å². The minimum Gasteiger partial charge on any atom is -0.496 e. The molecule has 98 valence electrons. The van der Waals surface area contributed by atoms with Crippen molar-refractivity contribution in [1.29, 1.82) is 0 Å². The van der Waals surface area contributed by atoms with Gasteiger partial charge in [-0.3, -0.25) is 0 Å². The van der Waals surface area contributed by atoms with E-state index in [1.54, 1.807) is 0 Å². The van der Waals surface area contributed by atoms with Gasteiger partial charge in [0.1, 0.15) is 11.3 Å². The number of ether oxygens (including phenoxy) is 1. The molecule has 0 heterocycles. The summed E-state index contributed by atoms with van der Waals surface area (Å²) in [5.41, 5.74) is -0.169. The lowest BCUT2D eigenvalue weighted by Crippen LogP contribution is -2.08. The predicted octanol–water partition coefficient (Wildman–Crippen LogP) is 1.74. The lowest BCUT2D eigenvalue weighted by Gasteiger charge is -2.08. The molecule has 5 nitrogen and oxygen atoms in total. The van der Waals surface area contributed by atoms with Crippen LogP contribution in [0.2, 0.25) is 0 Å². The van der Waals surface area contributed by atoms with E-state index in [0.29, 0.717) is 6.42 Å². The van der Waals surface area contributed by atoms with E-state index in [0.717, 1.165) is 6.07 Å². The van der Waals surface area contributed by atoms with Crippen LogP contribution in [0.1, 0.15) is 16.8 Å². The van der Waals surface area contributed by atoms with E-state index in [2.05, 4.69) is 6.58 Å². The molecule has 0 bridgehead atoms. The van der Waals surface area contributed by atoms with Crippen LogP contribution >= 0.6 is 0 Å². The zero-order valence-electron chi connectivity index (χ0n) is 9.92. The SMILES string of the molecule is C=CCCS(=O)(=O)c1ccc(OC)c(C(=O)O)c1. The van der Waals surface area contributed by atoms with E-state index in [1.807, 2.05) is 0 Å². The summed E-state index contributed by atoms with van der Waals surface area (Å²) in [6, 6.07) is 3.79. The number of sulfone groups is 1. The van der Waals surface area contributed by atoms with Crippen LogP contribution in [0.15, 0.2) is 35.7 Å². The first kappa shape index (κ1) is 14.2. The Hall–Kier alpha value is -1.82. The third kappa shape index (κ3) is 3.10. The number of benzene rings is 1. The van der Waals surface area contributed by atoms with E-state index >= 15 is 0 Å². The minimum absolute atomic E-state index is 0.0254. The van der Waals surface area contributed by atoms with Gasteiger partial charge in [-0.1, -0.05) is 6.08 Å². The second-order valence-electron chi connectivity index (χ2n) is 3.56. The molecular formula is C12H14O5S. The first-order chi connectivity index (χ1) is 8.42. The molecule has 0 spiro atoms. The molecule has 1 aromatic carbocycles. The van der Waals surface area contributed by atoms with Gasteiger partial charge in [0.05, 0.1) is 17.8 Å². The lowest BCUT2D eigenvalue weighted by molar-refractivity contribution is 0.0693. The van der Waals surface area contributed by atoms with Crippen molar-refractivity contribution in [3.8, 4) is 5.75 Å². The number of carboxylic acid groups (broad SMARTS) is 1. The third-order valence-corrected chi connectivity index (χ3v) is 4.10. The molecule has 0 fully saturated rings. The summed E-state index contributed by atoms with van der Waals surface area (Å²) >= 11 is 0. The topological polar surface area (TPSA) is 80.7 Å². The molecule has 0 radical (unpaired) electrons. The predicted molar refractivity (Wildman–Crippen MR) is 66.8 cm³/mol. The molecule has 0 saturated carbocycles. The van der Waals surface area contributed by atoms with Gasteiger partial charge in [-0.2, -0.15) is 0 Å². The van der Waals surface area contributed by atoms with E-state index in [1.165, 1.54) is 25.3 Å². The van der Waals surface area contributed by atoms with Crippen molar-refractivity contribution in [1.82, 2.24) is 0 Å². The molecule has 0 aromatic heterocycles. The average molecular weight is 270 g/mol. The van der Waals surface area contributed by atoms with Gasteiger partial charge in [0.25, 0.3) is 0 Å². The van der Waals surface area contributed by atoms with E-state index in [-0.39, 0.29) is 22.0 Å². The highest BCUT2D eigenvalue weighted by Crippen LogP contribution is 2.23. The zero-order valence-corrected chi connectivity index (χ0v) is 10.7. The number of carbonyl (C=O) groups is 1. The standard InChI is InChI=1S/C12H14O5S/c1-3-4-7-18(15,16)9-5-6-11(17-2)10(8-9)12(13)14/h3,5-6,8H,1,4,7H2,2H3,(H,13,14). The summed E-state index contributed by atoms with van der Waals surface area (Å²) in [7, 11) is -2.17. The van der Waals surface area contributed by atoms with Crippen LogP contribution in [-0.4, -0.2) is 32.4 Å². The largest absolute Gasteiger partial charge is 0.496 e. The monoisotopic (exact) mass is 270 g/mol. The summed E-state index contributed by atoms with van der Waals surface area (Å²) in [6.07, 6.45) is 1.82. The molecule has 0 aliphatic heterocycles. The summed E-state index contributed by atoms with van der Waals surface area (Å²) in [4.78, 5) is 11.0. The number of rotatable bonds is 6. The number of allylic oxidation sites excluding steroid dienone is 1. The van der Waals surface area contributed by atoms with Crippen LogP contribution in [0.4, 0.5) is 0 Å². The normalized spacial score (nSPS) is 10.9. The Kier molecular flexibility index (Phi) is 4.49. The highest BCUT2D eigenvalue weighted by molar-refractivity contribution is 7.91. The zero-order chi connectivity index (χ0) is 13.8. The Labute approximate surface area is 106 Å². The minimum atomic E-state index is -3.49. The third-order valence-electron chi connectivity index (χ3n) is 2.35. The van der Waals surface area contributed by atoms with Gasteiger partial charge in [-0.25, -0.2) is 13.2 Å². The fraction of sp³-hybridized carbons (Fsp3) is 0.250. The number of aromatic carboxylic acids is 1. The fourth-order valence-corrected chi connectivity index (χ4v) is 2.69.